The second-order valence-electron chi connectivity index (χ2n) is 8.52. The highest BCUT2D eigenvalue weighted by Gasteiger charge is 2.33. The van der Waals surface area contributed by atoms with Crippen molar-refractivity contribution in [1.29, 1.82) is 0 Å². The third kappa shape index (κ3) is 3.39. The van der Waals surface area contributed by atoms with Gasteiger partial charge in [0.05, 0.1) is 0 Å². The molecule has 1 amide bonds. The van der Waals surface area contributed by atoms with E-state index in [1.807, 2.05) is 25.4 Å². The van der Waals surface area contributed by atoms with Crippen LogP contribution in [-0.4, -0.2) is 52.5 Å². The number of hydrogen-bond acceptors (Lipinski definition) is 2. The third-order valence-corrected chi connectivity index (χ3v) is 6.15. The van der Waals surface area contributed by atoms with Crippen LogP contribution in [0, 0.1) is 11.8 Å². The van der Waals surface area contributed by atoms with Gasteiger partial charge in [-0.1, -0.05) is 19.9 Å². The Morgan fingerprint density at radius 3 is 2.73 bits per heavy atom. The van der Waals surface area contributed by atoms with Crippen LogP contribution in [0.25, 0.3) is 10.9 Å². The van der Waals surface area contributed by atoms with Crippen molar-refractivity contribution < 1.29 is 4.79 Å². The van der Waals surface area contributed by atoms with Gasteiger partial charge in [-0.15, -0.1) is 0 Å². The van der Waals surface area contributed by atoms with Crippen molar-refractivity contribution >= 4 is 16.8 Å². The predicted molar refractivity (Wildman–Crippen MR) is 106 cm³/mol. The normalized spacial score (nSPS) is 22.2. The number of hydrogen-bond donors (Lipinski definition) is 0. The van der Waals surface area contributed by atoms with E-state index in [0.29, 0.717) is 12.0 Å². The molecule has 4 rings (SSSR count). The van der Waals surface area contributed by atoms with Gasteiger partial charge in [0.15, 0.2) is 0 Å². The number of aryl methyl sites for hydroxylation is 1. The Kier molecular flexibility index (Phi) is 4.78. The molecule has 0 bridgehead atoms. The van der Waals surface area contributed by atoms with Crippen molar-refractivity contribution in [2.75, 3.05) is 26.2 Å². The van der Waals surface area contributed by atoms with E-state index in [1.165, 1.54) is 19.4 Å². The summed E-state index contributed by atoms with van der Waals surface area (Å²) in [6.45, 7) is 8.67. The van der Waals surface area contributed by atoms with Crippen LogP contribution < -0.4 is 0 Å². The zero-order valence-corrected chi connectivity index (χ0v) is 16.3. The zero-order chi connectivity index (χ0) is 18.3. The molecule has 2 fully saturated rings. The maximum absolute atomic E-state index is 13.4. The average molecular weight is 354 g/mol. The van der Waals surface area contributed by atoms with Gasteiger partial charge in [-0.2, -0.15) is 0 Å². The molecule has 1 aromatic carbocycles. The third-order valence-electron chi connectivity index (χ3n) is 6.15. The Balaban J connectivity index is 1.58. The summed E-state index contributed by atoms with van der Waals surface area (Å²) in [6, 6.07) is 8.62. The monoisotopic (exact) mass is 353 g/mol. The number of nitrogens with zero attached hydrogens (tertiary/aromatic N) is 3. The molecule has 26 heavy (non-hydrogen) atoms. The molecule has 140 valence electrons. The molecule has 2 heterocycles. The lowest BCUT2D eigenvalue weighted by Crippen LogP contribution is -2.46. The van der Waals surface area contributed by atoms with E-state index in [1.54, 1.807) is 0 Å². The number of carbonyl (C=O) groups excluding carboxylic acids is 1. The van der Waals surface area contributed by atoms with Gasteiger partial charge in [0.25, 0.3) is 5.91 Å². The SMILES string of the molecule is CC(C)[C@@H]1CN(C(=O)c2cccc3c2ccn3C)CCCN1CC1CC1. The molecule has 2 aliphatic rings. The highest BCUT2D eigenvalue weighted by Crippen LogP contribution is 2.32. The lowest BCUT2D eigenvalue weighted by atomic mass is 10.0. The largest absolute Gasteiger partial charge is 0.351 e. The molecule has 0 N–H and O–H groups in total. The zero-order valence-electron chi connectivity index (χ0n) is 16.3. The Morgan fingerprint density at radius 2 is 2.00 bits per heavy atom. The molecule has 4 nitrogen and oxygen atoms in total. The molecule has 0 radical (unpaired) electrons. The molecule has 2 aromatic rings. The van der Waals surface area contributed by atoms with Crippen molar-refractivity contribution in [3.63, 3.8) is 0 Å². The molecule has 1 aliphatic heterocycles. The van der Waals surface area contributed by atoms with E-state index in [9.17, 15) is 4.79 Å². The van der Waals surface area contributed by atoms with Gasteiger partial charge >= 0.3 is 0 Å². The highest BCUT2D eigenvalue weighted by atomic mass is 16.2. The van der Waals surface area contributed by atoms with Crippen LogP contribution in [0.15, 0.2) is 30.5 Å². The second kappa shape index (κ2) is 7.07. The molecule has 1 aromatic heterocycles. The fourth-order valence-corrected chi connectivity index (χ4v) is 4.40. The Labute approximate surface area is 156 Å². The van der Waals surface area contributed by atoms with Crippen LogP contribution in [0.2, 0.25) is 0 Å². The van der Waals surface area contributed by atoms with Crippen molar-refractivity contribution in [1.82, 2.24) is 14.4 Å². The van der Waals surface area contributed by atoms with Crippen LogP contribution in [0.1, 0.15) is 43.5 Å². The maximum Gasteiger partial charge on any atom is 0.254 e. The van der Waals surface area contributed by atoms with E-state index >= 15 is 0 Å². The molecule has 0 spiro atoms. The fourth-order valence-electron chi connectivity index (χ4n) is 4.40. The van der Waals surface area contributed by atoms with E-state index in [2.05, 4.69) is 40.3 Å². The molecule has 1 atom stereocenters. The van der Waals surface area contributed by atoms with Crippen LogP contribution in [0.4, 0.5) is 0 Å². The number of carbonyl (C=O) groups is 1. The molecular formula is C22H31N3O. The number of benzene rings is 1. The molecule has 0 unspecified atom stereocenters. The number of aromatic nitrogens is 1. The first-order valence-corrected chi connectivity index (χ1v) is 10.1. The molecular weight excluding hydrogens is 322 g/mol. The van der Waals surface area contributed by atoms with Crippen molar-refractivity contribution in [3.05, 3.63) is 36.0 Å². The van der Waals surface area contributed by atoms with E-state index in [4.69, 9.17) is 0 Å². The summed E-state index contributed by atoms with van der Waals surface area (Å²) >= 11 is 0. The highest BCUT2D eigenvalue weighted by molar-refractivity contribution is 6.06. The van der Waals surface area contributed by atoms with E-state index in [-0.39, 0.29) is 5.91 Å². The van der Waals surface area contributed by atoms with E-state index < -0.39 is 0 Å². The Bertz CT molecular complexity index is 790. The second-order valence-corrected chi connectivity index (χ2v) is 8.52. The summed E-state index contributed by atoms with van der Waals surface area (Å²) in [6.07, 6.45) is 5.89. The first-order valence-electron chi connectivity index (χ1n) is 10.1. The lowest BCUT2D eigenvalue weighted by Gasteiger charge is -2.34. The first kappa shape index (κ1) is 17.6. The molecule has 1 aliphatic carbocycles. The van der Waals surface area contributed by atoms with Crippen LogP contribution in [-0.2, 0) is 7.05 Å². The van der Waals surface area contributed by atoms with Gasteiger partial charge in [0.1, 0.15) is 0 Å². The number of rotatable bonds is 4. The van der Waals surface area contributed by atoms with Gasteiger partial charge < -0.3 is 9.47 Å². The molecule has 1 saturated carbocycles. The van der Waals surface area contributed by atoms with Crippen molar-refractivity contribution in [2.24, 2.45) is 18.9 Å². The molecule has 1 saturated heterocycles. The first-order chi connectivity index (χ1) is 12.5. The minimum atomic E-state index is 0.195. The minimum Gasteiger partial charge on any atom is -0.351 e. The lowest BCUT2D eigenvalue weighted by molar-refractivity contribution is 0.0706. The summed E-state index contributed by atoms with van der Waals surface area (Å²) in [5, 5.41) is 1.07. The Morgan fingerprint density at radius 1 is 1.19 bits per heavy atom. The summed E-state index contributed by atoms with van der Waals surface area (Å²) in [4.78, 5) is 18.2. The van der Waals surface area contributed by atoms with Crippen molar-refractivity contribution in [2.45, 2.75) is 39.2 Å². The Hall–Kier alpha value is -1.81. The van der Waals surface area contributed by atoms with Gasteiger partial charge in [0.2, 0.25) is 0 Å². The number of amides is 1. The van der Waals surface area contributed by atoms with Crippen LogP contribution >= 0.6 is 0 Å². The fraction of sp³-hybridized carbons (Fsp3) is 0.591. The summed E-state index contributed by atoms with van der Waals surface area (Å²) in [5.41, 5.74) is 1.97. The predicted octanol–water partition coefficient (Wildman–Crippen LogP) is 3.76. The standard InChI is InChI=1S/C22H31N3O/c1-16(2)21-15-25(12-5-11-24(21)14-17-8-9-17)22(26)19-6-4-7-20-18(19)10-13-23(20)3/h4,6-7,10,13,16-17,21H,5,8-9,11-12,14-15H2,1-3H3/t21-/m0/s1. The van der Waals surface area contributed by atoms with Gasteiger partial charge in [-0.05, 0) is 49.3 Å². The van der Waals surface area contributed by atoms with Gasteiger partial charge in [-0.3, -0.25) is 9.69 Å². The average Bonchev–Trinajstić information content (AvgIpc) is 3.40. The van der Waals surface area contributed by atoms with Crippen LogP contribution in [0.5, 0.6) is 0 Å². The topological polar surface area (TPSA) is 28.5 Å². The summed E-state index contributed by atoms with van der Waals surface area (Å²) < 4.78 is 2.09. The smallest absolute Gasteiger partial charge is 0.254 e. The van der Waals surface area contributed by atoms with E-state index in [0.717, 1.165) is 48.4 Å². The quantitative estimate of drug-likeness (QED) is 0.837. The molecule has 4 heteroatoms. The summed E-state index contributed by atoms with van der Waals surface area (Å²) in [5.74, 6) is 1.66. The van der Waals surface area contributed by atoms with Gasteiger partial charge in [-0.25, -0.2) is 0 Å². The number of fused-ring (bicyclic) bond motifs is 1. The maximum atomic E-state index is 13.4. The van der Waals surface area contributed by atoms with Crippen molar-refractivity contribution in [3.8, 4) is 0 Å². The van der Waals surface area contributed by atoms with Crippen LogP contribution in [0.3, 0.4) is 0 Å². The van der Waals surface area contributed by atoms with Gasteiger partial charge in [0, 0.05) is 61.9 Å². The summed E-state index contributed by atoms with van der Waals surface area (Å²) in [7, 11) is 2.03. The minimum absolute atomic E-state index is 0.195.